The molecule has 13 heavy (non-hydrogen) atoms. The van der Waals surface area contributed by atoms with E-state index >= 15 is 0 Å². The molecule has 0 unspecified atom stereocenters. The van der Waals surface area contributed by atoms with Gasteiger partial charge in [0, 0.05) is 25.8 Å². The van der Waals surface area contributed by atoms with Crippen molar-refractivity contribution >= 4 is 5.97 Å². The first-order chi connectivity index (χ1) is 6.20. The number of nitrogens with zero attached hydrogens (tertiary/aromatic N) is 1. The van der Waals surface area contributed by atoms with Gasteiger partial charge in [0.15, 0.2) is 0 Å². The SMILES string of the molecule is CN(CCC(=O)O)C1CCOCC1. The number of carbonyl (C=O) groups is 1. The van der Waals surface area contributed by atoms with Gasteiger partial charge in [-0.1, -0.05) is 0 Å². The van der Waals surface area contributed by atoms with Crippen molar-refractivity contribution in [1.82, 2.24) is 4.90 Å². The zero-order chi connectivity index (χ0) is 9.68. The largest absolute Gasteiger partial charge is 0.481 e. The molecule has 1 saturated heterocycles. The minimum absolute atomic E-state index is 0.230. The van der Waals surface area contributed by atoms with E-state index in [0.29, 0.717) is 12.6 Å². The summed E-state index contributed by atoms with van der Waals surface area (Å²) in [6.07, 6.45) is 2.28. The molecular formula is C9H17NO3. The highest BCUT2D eigenvalue weighted by molar-refractivity contribution is 5.66. The molecule has 1 aliphatic rings. The second-order valence-electron chi connectivity index (χ2n) is 3.47. The van der Waals surface area contributed by atoms with E-state index in [2.05, 4.69) is 4.90 Å². The van der Waals surface area contributed by atoms with Gasteiger partial charge in [-0.3, -0.25) is 4.79 Å². The molecule has 0 amide bonds. The maximum absolute atomic E-state index is 10.3. The molecule has 1 rings (SSSR count). The molecule has 1 heterocycles. The van der Waals surface area contributed by atoms with Crippen LogP contribution >= 0.6 is 0 Å². The van der Waals surface area contributed by atoms with E-state index < -0.39 is 5.97 Å². The quantitative estimate of drug-likeness (QED) is 0.699. The molecule has 1 aliphatic heterocycles. The van der Waals surface area contributed by atoms with E-state index in [1.54, 1.807) is 0 Å². The Labute approximate surface area is 78.5 Å². The normalized spacial score (nSPS) is 19.2. The van der Waals surface area contributed by atoms with E-state index in [1.807, 2.05) is 7.05 Å². The first kappa shape index (κ1) is 10.5. The fourth-order valence-electron chi connectivity index (χ4n) is 1.58. The highest BCUT2D eigenvalue weighted by Gasteiger charge is 2.18. The molecule has 4 heteroatoms. The van der Waals surface area contributed by atoms with Crippen LogP contribution in [0.5, 0.6) is 0 Å². The van der Waals surface area contributed by atoms with Crippen LogP contribution in [-0.4, -0.2) is 48.8 Å². The van der Waals surface area contributed by atoms with Crippen molar-refractivity contribution in [3.05, 3.63) is 0 Å². The van der Waals surface area contributed by atoms with Crippen molar-refractivity contribution < 1.29 is 14.6 Å². The molecule has 0 aromatic rings. The number of carboxylic acid groups (broad SMARTS) is 1. The van der Waals surface area contributed by atoms with Gasteiger partial charge in [-0.2, -0.15) is 0 Å². The molecule has 0 bridgehead atoms. The number of hydrogen-bond acceptors (Lipinski definition) is 3. The van der Waals surface area contributed by atoms with Gasteiger partial charge in [0.25, 0.3) is 0 Å². The molecule has 0 saturated carbocycles. The molecule has 0 atom stereocenters. The van der Waals surface area contributed by atoms with Gasteiger partial charge in [-0.25, -0.2) is 0 Å². The Kier molecular flexibility index (Phi) is 4.18. The summed E-state index contributed by atoms with van der Waals surface area (Å²) in [5, 5.41) is 8.51. The van der Waals surface area contributed by atoms with Crippen LogP contribution in [0.25, 0.3) is 0 Å². The van der Waals surface area contributed by atoms with Crippen LogP contribution in [0, 0.1) is 0 Å². The van der Waals surface area contributed by atoms with Crippen LogP contribution < -0.4 is 0 Å². The van der Waals surface area contributed by atoms with Crippen LogP contribution in [0.4, 0.5) is 0 Å². The summed E-state index contributed by atoms with van der Waals surface area (Å²) in [6.45, 7) is 2.25. The Morgan fingerprint density at radius 2 is 2.15 bits per heavy atom. The molecule has 1 fully saturated rings. The number of ether oxygens (including phenoxy) is 1. The van der Waals surface area contributed by atoms with E-state index in [9.17, 15) is 4.79 Å². The van der Waals surface area contributed by atoms with E-state index in [1.165, 1.54) is 0 Å². The van der Waals surface area contributed by atoms with Gasteiger partial charge < -0.3 is 14.7 Å². The third-order valence-corrected chi connectivity index (χ3v) is 2.49. The molecule has 0 aliphatic carbocycles. The molecule has 76 valence electrons. The Bertz CT molecular complexity index is 166. The summed E-state index contributed by atoms with van der Waals surface area (Å²) in [5.41, 5.74) is 0. The highest BCUT2D eigenvalue weighted by atomic mass is 16.5. The second-order valence-corrected chi connectivity index (χ2v) is 3.47. The Morgan fingerprint density at radius 3 is 2.69 bits per heavy atom. The monoisotopic (exact) mass is 187 g/mol. The zero-order valence-corrected chi connectivity index (χ0v) is 8.03. The zero-order valence-electron chi connectivity index (χ0n) is 8.03. The number of carboxylic acids is 1. The Morgan fingerprint density at radius 1 is 1.54 bits per heavy atom. The minimum atomic E-state index is -0.723. The maximum atomic E-state index is 10.3. The van der Waals surface area contributed by atoms with Crippen molar-refractivity contribution in [2.45, 2.75) is 25.3 Å². The van der Waals surface area contributed by atoms with Crippen molar-refractivity contribution in [3.63, 3.8) is 0 Å². The fourth-order valence-corrected chi connectivity index (χ4v) is 1.58. The van der Waals surface area contributed by atoms with Gasteiger partial charge in [-0.05, 0) is 19.9 Å². The molecule has 4 nitrogen and oxygen atoms in total. The van der Waals surface area contributed by atoms with Gasteiger partial charge in [0.05, 0.1) is 6.42 Å². The number of hydrogen-bond donors (Lipinski definition) is 1. The summed E-state index contributed by atoms with van der Waals surface area (Å²) < 4.78 is 5.23. The predicted molar refractivity (Wildman–Crippen MR) is 48.7 cm³/mol. The van der Waals surface area contributed by atoms with Gasteiger partial charge >= 0.3 is 5.97 Å². The fraction of sp³-hybridized carbons (Fsp3) is 0.889. The van der Waals surface area contributed by atoms with Crippen LogP contribution in [0.2, 0.25) is 0 Å². The molecule has 0 aromatic carbocycles. The Hall–Kier alpha value is -0.610. The first-order valence-electron chi connectivity index (χ1n) is 4.70. The predicted octanol–water partition coefficient (Wildman–Crippen LogP) is 0.572. The lowest BCUT2D eigenvalue weighted by atomic mass is 10.1. The van der Waals surface area contributed by atoms with Crippen molar-refractivity contribution in [3.8, 4) is 0 Å². The molecule has 0 radical (unpaired) electrons. The van der Waals surface area contributed by atoms with E-state index in [-0.39, 0.29) is 6.42 Å². The molecule has 0 aromatic heterocycles. The van der Waals surface area contributed by atoms with Crippen LogP contribution in [0.1, 0.15) is 19.3 Å². The number of aliphatic carboxylic acids is 1. The van der Waals surface area contributed by atoms with E-state index in [4.69, 9.17) is 9.84 Å². The van der Waals surface area contributed by atoms with Crippen LogP contribution in [-0.2, 0) is 9.53 Å². The third kappa shape index (κ3) is 3.74. The lowest BCUT2D eigenvalue weighted by molar-refractivity contribution is -0.137. The molecule has 0 spiro atoms. The van der Waals surface area contributed by atoms with E-state index in [0.717, 1.165) is 26.1 Å². The summed E-state index contributed by atoms with van der Waals surface area (Å²) in [7, 11) is 1.99. The number of rotatable bonds is 4. The third-order valence-electron chi connectivity index (χ3n) is 2.49. The maximum Gasteiger partial charge on any atom is 0.304 e. The summed E-state index contributed by atoms with van der Waals surface area (Å²) >= 11 is 0. The van der Waals surface area contributed by atoms with Crippen molar-refractivity contribution in [2.24, 2.45) is 0 Å². The van der Waals surface area contributed by atoms with Crippen molar-refractivity contribution in [1.29, 1.82) is 0 Å². The standard InChI is InChI=1S/C9H17NO3/c1-10(5-2-9(11)12)8-3-6-13-7-4-8/h8H,2-7H2,1H3,(H,11,12). The second kappa shape index (κ2) is 5.19. The molecule has 1 N–H and O–H groups in total. The topological polar surface area (TPSA) is 49.8 Å². The van der Waals surface area contributed by atoms with Gasteiger partial charge in [0.1, 0.15) is 0 Å². The Balaban J connectivity index is 2.20. The average Bonchev–Trinajstić information content (AvgIpc) is 2.15. The minimum Gasteiger partial charge on any atom is -0.481 e. The summed E-state index contributed by atoms with van der Waals surface area (Å²) in [4.78, 5) is 12.5. The van der Waals surface area contributed by atoms with Gasteiger partial charge in [0.2, 0.25) is 0 Å². The lowest BCUT2D eigenvalue weighted by Gasteiger charge is -2.30. The van der Waals surface area contributed by atoms with Crippen molar-refractivity contribution in [2.75, 3.05) is 26.8 Å². The summed E-state index contributed by atoms with van der Waals surface area (Å²) in [5.74, 6) is -0.723. The summed E-state index contributed by atoms with van der Waals surface area (Å²) in [6, 6.07) is 0.507. The average molecular weight is 187 g/mol. The lowest BCUT2D eigenvalue weighted by Crippen LogP contribution is -2.37. The van der Waals surface area contributed by atoms with Crippen LogP contribution in [0.3, 0.4) is 0 Å². The van der Waals surface area contributed by atoms with Gasteiger partial charge in [-0.15, -0.1) is 0 Å². The molecular weight excluding hydrogens is 170 g/mol. The first-order valence-corrected chi connectivity index (χ1v) is 4.70. The van der Waals surface area contributed by atoms with Crippen LogP contribution in [0.15, 0.2) is 0 Å². The smallest absolute Gasteiger partial charge is 0.304 e. The highest BCUT2D eigenvalue weighted by Crippen LogP contribution is 2.12.